The van der Waals surface area contributed by atoms with E-state index in [0.29, 0.717) is 12.6 Å². The van der Waals surface area contributed by atoms with Gasteiger partial charge in [-0.25, -0.2) is 9.98 Å². The topological polar surface area (TPSA) is 54.2 Å². The maximum Gasteiger partial charge on any atom is 0.191 e. The second-order valence-corrected chi connectivity index (χ2v) is 5.55. The fraction of sp³-hybridized carbons (Fsp3) is 0.412. The summed E-state index contributed by atoms with van der Waals surface area (Å²) in [4.78, 5) is 8.71. The van der Waals surface area contributed by atoms with Crippen LogP contribution in [0.1, 0.15) is 31.9 Å². The van der Waals surface area contributed by atoms with E-state index < -0.39 is 0 Å². The van der Waals surface area contributed by atoms with Gasteiger partial charge in [0.1, 0.15) is 0 Å². The predicted octanol–water partition coefficient (Wildman–Crippen LogP) is 2.39. The molecule has 0 bridgehead atoms. The number of guanidine groups is 1. The molecule has 0 radical (unpaired) electrons. The lowest BCUT2D eigenvalue weighted by molar-refractivity contribution is 0.700. The molecule has 0 unspecified atom stereocenters. The van der Waals surface area contributed by atoms with Crippen LogP contribution in [0.4, 0.5) is 0 Å². The van der Waals surface area contributed by atoms with Crippen LogP contribution in [0.15, 0.2) is 48.0 Å². The zero-order valence-corrected chi connectivity index (χ0v) is 13.6. The molecule has 0 saturated heterocycles. The molecule has 5 nitrogen and oxygen atoms in total. The summed E-state index contributed by atoms with van der Waals surface area (Å²) in [6, 6.07) is 8.89. The first kappa shape index (κ1) is 16.1. The van der Waals surface area contributed by atoms with E-state index in [-0.39, 0.29) is 0 Å². The Hall–Kier alpha value is -2.30. The molecule has 0 aliphatic rings. The van der Waals surface area contributed by atoms with E-state index in [1.165, 1.54) is 11.1 Å². The zero-order valence-electron chi connectivity index (χ0n) is 13.6. The molecule has 0 atom stereocenters. The summed E-state index contributed by atoms with van der Waals surface area (Å²) >= 11 is 0. The van der Waals surface area contributed by atoms with Crippen molar-refractivity contribution in [2.24, 2.45) is 4.99 Å². The Bertz CT molecular complexity index is 587. The minimum Gasteiger partial charge on any atom is -0.357 e. The van der Waals surface area contributed by atoms with Gasteiger partial charge in [0.15, 0.2) is 5.96 Å². The summed E-state index contributed by atoms with van der Waals surface area (Å²) in [5.41, 5.74) is 2.46. The van der Waals surface area contributed by atoms with E-state index >= 15 is 0 Å². The average molecular weight is 299 g/mol. The van der Waals surface area contributed by atoms with Gasteiger partial charge in [-0.05, 0) is 31.9 Å². The first-order valence-corrected chi connectivity index (χ1v) is 7.75. The van der Waals surface area contributed by atoms with Gasteiger partial charge in [0, 0.05) is 31.5 Å². The van der Waals surface area contributed by atoms with Crippen molar-refractivity contribution in [1.82, 2.24) is 20.2 Å². The Morgan fingerprint density at radius 3 is 2.82 bits per heavy atom. The molecule has 0 spiro atoms. The third kappa shape index (κ3) is 5.24. The van der Waals surface area contributed by atoms with Gasteiger partial charge in [-0.15, -0.1) is 0 Å². The number of benzene rings is 1. The second kappa shape index (κ2) is 8.22. The first-order chi connectivity index (χ1) is 10.7. The lowest BCUT2D eigenvalue weighted by atomic mass is 10.1. The van der Waals surface area contributed by atoms with E-state index in [1.54, 1.807) is 6.20 Å². The number of nitrogens with zero attached hydrogens (tertiary/aromatic N) is 3. The first-order valence-electron chi connectivity index (χ1n) is 7.75. The van der Waals surface area contributed by atoms with E-state index in [4.69, 9.17) is 0 Å². The van der Waals surface area contributed by atoms with Crippen molar-refractivity contribution in [3.8, 4) is 0 Å². The van der Waals surface area contributed by atoms with Gasteiger partial charge < -0.3 is 15.2 Å². The summed E-state index contributed by atoms with van der Waals surface area (Å²) in [6.07, 6.45) is 5.61. The molecular weight excluding hydrogens is 274 g/mol. The Kier molecular flexibility index (Phi) is 6.01. The Balaban J connectivity index is 2.02. The highest BCUT2D eigenvalue weighted by Gasteiger charge is 2.01. The highest BCUT2D eigenvalue weighted by atomic mass is 15.2. The number of rotatable bonds is 6. The molecule has 2 N–H and O–H groups in total. The maximum atomic E-state index is 4.64. The fourth-order valence-corrected chi connectivity index (χ4v) is 2.18. The Morgan fingerprint density at radius 2 is 2.14 bits per heavy atom. The molecule has 22 heavy (non-hydrogen) atoms. The lowest BCUT2D eigenvalue weighted by Gasteiger charge is -2.14. The van der Waals surface area contributed by atoms with Crippen LogP contribution in [-0.2, 0) is 13.1 Å². The largest absolute Gasteiger partial charge is 0.357 e. The summed E-state index contributed by atoms with van der Waals surface area (Å²) in [5.74, 6) is 0.859. The van der Waals surface area contributed by atoms with Crippen molar-refractivity contribution in [1.29, 1.82) is 0 Å². The number of aromatic nitrogens is 2. The van der Waals surface area contributed by atoms with Crippen molar-refractivity contribution < 1.29 is 0 Å². The zero-order chi connectivity index (χ0) is 15.8. The average Bonchev–Trinajstić information content (AvgIpc) is 2.98. The van der Waals surface area contributed by atoms with Crippen LogP contribution in [0.5, 0.6) is 0 Å². The van der Waals surface area contributed by atoms with Crippen LogP contribution in [0.2, 0.25) is 0 Å². The van der Waals surface area contributed by atoms with Crippen LogP contribution in [-0.4, -0.2) is 28.1 Å². The number of hydrogen-bond acceptors (Lipinski definition) is 2. The minimum atomic E-state index is 0.366. The van der Waals surface area contributed by atoms with Gasteiger partial charge in [0.25, 0.3) is 0 Å². The molecule has 0 aliphatic carbocycles. The number of aliphatic imine (C=N–C) groups is 1. The van der Waals surface area contributed by atoms with E-state index in [0.717, 1.165) is 19.0 Å². The highest BCUT2D eigenvalue weighted by Crippen LogP contribution is 2.08. The third-order valence-corrected chi connectivity index (χ3v) is 3.11. The van der Waals surface area contributed by atoms with Gasteiger partial charge in [-0.2, -0.15) is 0 Å². The number of hydrogen-bond donors (Lipinski definition) is 2. The lowest BCUT2D eigenvalue weighted by Crippen LogP contribution is -2.40. The molecule has 1 aromatic heterocycles. The highest BCUT2D eigenvalue weighted by molar-refractivity contribution is 5.79. The predicted molar refractivity (Wildman–Crippen MR) is 90.9 cm³/mol. The molecule has 118 valence electrons. The fourth-order valence-electron chi connectivity index (χ4n) is 2.18. The maximum absolute atomic E-state index is 4.64. The van der Waals surface area contributed by atoms with E-state index in [9.17, 15) is 0 Å². The molecule has 1 aromatic carbocycles. The summed E-state index contributed by atoms with van der Waals surface area (Å²) < 4.78 is 2.06. The van der Waals surface area contributed by atoms with Crippen LogP contribution in [0, 0.1) is 0 Å². The van der Waals surface area contributed by atoms with Crippen molar-refractivity contribution in [3.63, 3.8) is 0 Å². The normalized spacial score (nSPS) is 11.7. The molecule has 0 fully saturated rings. The van der Waals surface area contributed by atoms with Crippen LogP contribution >= 0.6 is 0 Å². The number of imidazole rings is 1. The standard InChI is InChI=1S/C17H25N5/c1-4-19-17(21-14(2)3)20-11-15-6-5-7-16(10-15)12-22-9-8-18-13-22/h5-10,13-14H,4,11-12H2,1-3H3,(H2,19,20,21). The smallest absolute Gasteiger partial charge is 0.191 e. The second-order valence-electron chi connectivity index (χ2n) is 5.55. The molecule has 2 aromatic rings. The summed E-state index contributed by atoms with van der Waals surface area (Å²) in [7, 11) is 0. The molecule has 0 saturated carbocycles. The van der Waals surface area contributed by atoms with Crippen molar-refractivity contribution in [2.75, 3.05) is 6.54 Å². The molecule has 1 heterocycles. The molecule has 2 rings (SSSR count). The van der Waals surface area contributed by atoms with Gasteiger partial charge in [-0.1, -0.05) is 24.3 Å². The van der Waals surface area contributed by atoms with Gasteiger partial charge in [0.2, 0.25) is 0 Å². The molecule has 0 amide bonds. The Morgan fingerprint density at radius 1 is 1.32 bits per heavy atom. The van der Waals surface area contributed by atoms with Gasteiger partial charge in [-0.3, -0.25) is 0 Å². The summed E-state index contributed by atoms with van der Waals surface area (Å²) in [6.45, 7) is 8.65. The van der Waals surface area contributed by atoms with E-state index in [1.807, 2.05) is 12.5 Å². The molecule has 0 aliphatic heterocycles. The minimum absolute atomic E-state index is 0.366. The van der Waals surface area contributed by atoms with Crippen LogP contribution < -0.4 is 10.6 Å². The SMILES string of the molecule is CCNC(=NCc1cccc(Cn2ccnc2)c1)NC(C)C. The third-order valence-electron chi connectivity index (χ3n) is 3.11. The molecule has 5 heteroatoms. The van der Waals surface area contributed by atoms with Crippen molar-refractivity contribution >= 4 is 5.96 Å². The quantitative estimate of drug-likeness (QED) is 0.636. The van der Waals surface area contributed by atoms with Crippen LogP contribution in [0.3, 0.4) is 0 Å². The van der Waals surface area contributed by atoms with Gasteiger partial charge in [0.05, 0.1) is 12.9 Å². The summed E-state index contributed by atoms with van der Waals surface area (Å²) in [5, 5.41) is 6.59. The molecular formula is C17H25N5. The van der Waals surface area contributed by atoms with Crippen molar-refractivity contribution in [2.45, 2.75) is 39.9 Å². The number of nitrogens with one attached hydrogen (secondary N) is 2. The van der Waals surface area contributed by atoms with Crippen LogP contribution in [0.25, 0.3) is 0 Å². The monoisotopic (exact) mass is 299 g/mol. The van der Waals surface area contributed by atoms with Gasteiger partial charge >= 0.3 is 0 Å². The van der Waals surface area contributed by atoms with Crippen molar-refractivity contribution in [3.05, 3.63) is 54.1 Å². The Labute approximate surface area is 132 Å². The van der Waals surface area contributed by atoms with E-state index in [2.05, 4.69) is 70.2 Å².